The number of fused-ring (bicyclic) bond motifs is 1. The van der Waals surface area contributed by atoms with E-state index in [1.807, 2.05) is 21.0 Å². The van der Waals surface area contributed by atoms with Crippen LogP contribution in [-0.2, 0) is 10.0 Å². The fourth-order valence-corrected chi connectivity index (χ4v) is 3.37. The third kappa shape index (κ3) is 2.21. The van der Waals surface area contributed by atoms with Crippen molar-refractivity contribution in [3.8, 4) is 0 Å². The lowest BCUT2D eigenvalue weighted by molar-refractivity contribution is 0.588. The maximum atomic E-state index is 12.8. The number of hydrogen-bond donors (Lipinski definition) is 0. The first-order chi connectivity index (χ1) is 10.4. The summed E-state index contributed by atoms with van der Waals surface area (Å²) in [5.41, 5.74) is 1.70. The Hall–Kier alpha value is -2.48. The molecule has 0 bridgehead atoms. The molecule has 0 spiro atoms. The number of rotatable bonds is 3. The molecule has 0 fully saturated rings. The van der Waals surface area contributed by atoms with E-state index in [2.05, 4.69) is 15.0 Å². The molecule has 0 amide bonds. The van der Waals surface area contributed by atoms with E-state index < -0.39 is 10.0 Å². The number of hydrogen-bond acceptors (Lipinski definition) is 6. The van der Waals surface area contributed by atoms with Gasteiger partial charge in [0.25, 0.3) is 10.0 Å². The Morgan fingerprint density at radius 3 is 2.36 bits per heavy atom. The van der Waals surface area contributed by atoms with Crippen molar-refractivity contribution in [2.24, 2.45) is 0 Å². The third-order valence-electron chi connectivity index (χ3n) is 3.29. The van der Waals surface area contributed by atoms with Crippen LogP contribution in [0.25, 0.3) is 11.2 Å². The molecule has 22 heavy (non-hydrogen) atoms. The van der Waals surface area contributed by atoms with Gasteiger partial charge in [-0.15, -0.1) is 0 Å². The molecule has 114 valence electrons. The summed E-state index contributed by atoms with van der Waals surface area (Å²) >= 11 is 0. The number of nitrogens with zero attached hydrogens (tertiary/aromatic N) is 5. The average Bonchev–Trinajstić information content (AvgIpc) is 2.92. The smallest absolute Gasteiger partial charge is 0.270 e. The molecule has 1 aromatic carbocycles. The Labute approximate surface area is 128 Å². The van der Waals surface area contributed by atoms with E-state index >= 15 is 0 Å². The number of benzene rings is 1. The van der Waals surface area contributed by atoms with E-state index in [0.717, 1.165) is 9.54 Å². The van der Waals surface area contributed by atoms with E-state index in [9.17, 15) is 8.42 Å². The zero-order valence-electron chi connectivity index (χ0n) is 12.4. The van der Waals surface area contributed by atoms with Crippen LogP contribution in [0.3, 0.4) is 0 Å². The molecule has 2 aromatic heterocycles. The Kier molecular flexibility index (Phi) is 3.32. The van der Waals surface area contributed by atoms with Crippen molar-refractivity contribution in [2.45, 2.75) is 11.8 Å². The van der Waals surface area contributed by atoms with Crippen LogP contribution >= 0.6 is 0 Å². The van der Waals surface area contributed by atoms with Crippen LogP contribution in [0.1, 0.15) is 5.56 Å². The lowest BCUT2D eigenvalue weighted by Gasteiger charge is -2.11. The third-order valence-corrected chi connectivity index (χ3v) is 4.94. The molecule has 0 aliphatic heterocycles. The minimum Gasteiger partial charge on any atom is -0.361 e. The summed E-state index contributed by atoms with van der Waals surface area (Å²) in [4.78, 5) is 14.3. The van der Waals surface area contributed by atoms with Crippen molar-refractivity contribution < 1.29 is 8.42 Å². The predicted octanol–water partition coefficient (Wildman–Crippen LogP) is 1.44. The van der Waals surface area contributed by atoms with Crippen LogP contribution in [0.5, 0.6) is 0 Å². The summed E-state index contributed by atoms with van der Waals surface area (Å²) in [5.74, 6) is 0.572. The zero-order valence-corrected chi connectivity index (χ0v) is 13.2. The standard InChI is InChI=1S/C14H15N5O2S/c1-10-4-6-11(7-5-10)22(20,21)19-9-17-12-13(18(2)3)15-8-16-14(12)19/h4-9H,1-3H3. The minimum absolute atomic E-state index is 0.197. The molecular weight excluding hydrogens is 302 g/mol. The lowest BCUT2D eigenvalue weighted by Crippen LogP contribution is -2.14. The maximum Gasteiger partial charge on any atom is 0.270 e. The van der Waals surface area contributed by atoms with Crippen LogP contribution in [0, 0.1) is 6.92 Å². The molecule has 0 saturated heterocycles. The molecule has 0 radical (unpaired) electrons. The second kappa shape index (κ2) is 5.06. The molecule has 0 aliphatic rings. The van der Waals surface area contributed by atoms with Gasteiger partial charge in [-0.3, -0.25) is 0 Å². The van der Waals surface area contributed by atoms with Crippen molar-refractivity contribution in [1.29, 1.82) is 0 Å². The second-order valence-electron chi connectivity index (χ2n) is 5.12. The molecule has 3 aromatic rings. The van der Waals surface area contributed by atoms with E-state index in [1.54, 1.807) is 29.2 Å². The summed E-state index contributed by atoms with van der Waals surface area (Å²) in [6.45, 7) is 1.90. The van der Waals surface area contributed by atoms with Gasteiger partial charge in [0.2, 0.25) is 0 Å². The predicted molar refractivity (Wildman–Crippen MR) is 83.4 cm³/mol. The largest absolute Gasteiger partial charge is 0.361 e. The number of aryl methyl sites for hydroxylation is 1. The fourth-order valence-electron chi connectivity index (χ4n) is 2.13. The minimum atomic E-state index is -3.74. The second-order valence-corrected chi connectivity index (χ2v) is 6.94. The monoisotopic (exact) mass is 317 g/mol. The SMILES string of the molecule is Cc1ccc(S(=O)(=O)n2cnc3c(N(C)C)ncnc32)cc1. The van der Waals surface area contributed by atoms with Gasteiger partial charge in [0.05, 0.1) is 4.90 Å². The van der Waals surface area contributed by atoms with Crippen molar-refractivity contribution in [2.75, 3.05) is 19.0 Å². The van der Waals surface area contributed by atoms with Crippen molar-refractivity contribution in [3.63, 3.8) is 0 Å². The van der Waals surface area contributed by atoms with Gasteiger partial charge in [0.15, 0.2) is 17.0 Å². The molecule has 8 heteroatoms. The molecular formula is C14H15N5O2S. The molecule has 0 aliphatic carbocycles. The Morgan fingerprint density at radius 1 is 1.05 bits per heavy atom. The van der Waals surface area contributed by atoms with E-state index in [1.165, 1.54) is 12.7 Å². The number of anilines is 1. The molecule has 0 unspecified atom stereocenters. The zero-order chi connectivity index (χ0) is 15.9. The molecule has 7 nitrogen and oxygen atoms in total. The summed E-state index contributed by atoms with van der Waals surface area (Å²) in [7, 11) is -0.107. The van der Waals surface area contributed by atoms with Gasteiger partial charge < -0.3 is 4.90 Å². The van der Waals surface area contributed by atoms with E-state index in [-0.39, 0.29) is 10.5 Å². The lowest BCUT2D eigenvalue weighted by atomic mass is 10.2. The molecule has 0 saturated carbocycles. The first kappa shape index (κ1) is 14.5. The Bertz CT molecular complexity index is 930. The fraction of sp³-hybridized carbons (Fsp3) is 0.214. The van der Waals surface area contributed by atoms with Crippen molar-refractivity contribution >= 4 is 27.0 Å². The van der Waals surface area contributed by atoms with Crippen molar-refractivity contribution in [3.05, 3.63) is 42.5 Å². The average molecular weight is 317 g/mol. The first-order valence-electron chi connectivity index (χ1n) is 6.59. The Balaban J connectivity index is 2.22. The van der Waals surface area contributed by atoms with Crippen LogP contribution in [0.4, 0.5) is 5.82 Å². The highest BCUT2D eigenvalue weighted by molar-refractivity contribution is 7.90. The number of imidazole rings is 1. The molecule has 0 atom stereocenters. The van der Waals surface area contributed by atoms with Crippen LogP contribution in [0.2, 0.25) is 0 Å². The highest BCUT2D eigenvalue weighted by Gasteiger charge is 2.22. The van der Waals surface area contributed by atoms with Gasteiger partial charge in [-0.1, -0.05) is 17.7 Å². The van der Waals surface area contributed by atoms with Crippen LogP contribution < -0.4 is 4.90 Å². The molecule has 3 rings (SSSR count). The maximum absolute atomic E-state index is 12.8. The van der Waals surface area contributed by atoms with Gasteiger partial charge in [-0.2, -0.15) is 0 Å². The van der Waals surface area contributed by atoms with Gasteiger partial charge >= 0.3 is 0 Å². The van der Waals surface area contributed by atoms with E-state index in [4.69, 9.17) is 0 Å². The Morgan fingerprint density at radius 2 is 1.73 bits per heavy atom. The highest BCUT2D eigenvalue weighted by atomic mass is 32.2. The van der Waals surface area contributed by atoms with E-state index in [0.29, 0.717) is 11.3 Å². The topological polar surface area (TPSA) is 81.0 Å². The van der Waals surface area contributed by atoms with Crippen LogP contribution in [0.15, 0.2) is 41.8 Å². The molecule has 0 N–H and O–H groups in total. The summed E-state index contributed by atoms with van der Waals surface area (Å²) < 4.78 is 26.6. The normalized spacial score (nSPS) is 11.8. The van der Waals surface area contributed by atoms with Gasteiger partial charge in [0.1, 0.15) is 12.7 Å². The first-order valence-corrected chi connectivity index (χ1v) is 8.03. The number of aromatic nitrogens is 4. The van der Waals surface area contributed by atoms with Crippen LogP contribution in [-0.4, -0.2) is 41.4 Å². The van der Waals surface area contributed by atoms with Gasteiger partial charge in [-0.05, 0) is 19.1 Å². The summed E-state index contributed by atoms with van der Waals surface area (Å²) in [5, 5.41) is 0. The quantitative estimate of drug-likeness (QED) is 0.727. The van der Waals surface area contributed by atoms with Crippen molar-refractivity contribution in [1.82, 2.24) is 18.9 Å². The highest BCUT2D eigenvalue weighted by Crippen LogP contribution is 2.23. The van der Waals surface area contributed by atoms with Gasteiger partial charge in [-0.25, -0.2) is 27.3 Å². The molecule has 2 heterocycles. The summed E-state index contributed by atoms with van der Waals surface area (Å²) in [6.07, 6.45) is 2.60. The summed E-state index contributed by atoms with van der Waals surface area (Å²) in [6, 6.07) is 6.66. The van der Waals surface area contributed by atoms with Gasteiger partial charge in [0, 0.05) is 14.1 Å².